The number of esters is 1. The molecule has 0 aromatic carbocycles. The van der Waals surface area contributed by atoms with Gasteiger partial charge in [-0.15, -0.1) is 0 Å². The average molecular weight is 522 g/mol. The number of methoxy groups -OCH3 is 1. The molecular formula is C33H63NO3. The fraction of sp³-hybridized carbons (Fsp3) is 0.879. The summed E-state index contributed by atoms with van der Waals surface area (Å²) in [5, 5.41) is 0. The van der Waals surface area contributed by atoms with Crippen molar-refractivity contribution in [3.8, 4) is 0 Å². The minimum atomic E-state index is -0.0843. The second-order valence-electron chi connectivity index (χ2n) is 11.3. The Kier molecular flexibility index (Phi) is 26.7. The fourth-order valence-corrected chi connectivity index (χ4v) is 4.97. The van der Waals surface area contributed by atoms with Gasteiger partial charge in [0.1, 0.15) is 0 Å². The van der Waals surface area contributed by atoms with Gasteiger partial charge in [0.15, 0.2) is 0 Å². The summed E-state index contributed by atoms with van der Waals surface area (Å²) in [7, 11) is 5.24. The van der Waals surface area contributed by atoms with E-state index >= 15 is 0 Å². The summed E-state index contributed by atoms with van der Waals surface area (Å²) in [4.78, 5) is 25.1. The molecule has 0 radical (unpaired) electrons. The van der Waals surface area contributed by atoms with Crippen molar-refractivity contribution in [1.29, 1.82) is 0 Å². The predicted molar refractivity (Wildman–Crippen MR) is 160 cm³/mol. The van der Waals surface area contributed by atoms with Crippen LogP contribution in [0.15, 0.2) is 12.2 Å². The summed E-state index contributed by atoms with van der Waals surface area (Å²) in [5.41, 5.74) is 0. The molecule has 0 bridgehead atoms. The molecule has 0 aliphatic heterocycles. The quantitative estimate of drug-likeness (QED) is 0.0614. The highest BCUT2D eigenvalue weighted by Crippen LogP contribution is 2.23. The van der Waals surface area contributed by atoms with Crippen molar-refractivity contribution in [1.82, 2.24) is 4.90 Å². The summed E-state index contributed by atoms with van der Waals surface area (Å²) in [6, 6.07) is 0. The van der Waals surface area contributed by atoms with Crippen molar-refractivity contribution in [3.63, 3.8) is 0 Å². The van der Waals surface area contributed by atoms with Crippen molar-refractivity contribution in [3.05, 3.63) is 12.2 Å². The number of allylic oxidation sites excluding steroid dienone is 2. The van der Waals surface area contributed by atoms with Crippen LogP contribution in [0.25, 0.3) is 0 Å². The molecule has 4 heteroatoms. The van der Waals surface area contributed by atoms with E-state index in [1.807, 2.05) is 14.1 Å². The molecule has 0 N–H and O–H groups in total. The molecule has 0 heterocycles. The summed E-state index contributed by atoms with van der Waals surface area (Å²) in [5.74, 6) is 0.797. The molecule has 0 aromatic heterocycles. The van der Waals surface area contributed by atoms with E-state index in [1.165, 1.54) is 136 Å². The summed E-state index contributed by atoms with van der Waals surface area (Å²) in [6.45, 7) is 2.27. The van der Waals surface area contributed by atoms with Crippen LogP contribution in [0.5, 0.6) is 0 Å². The zero-order valence-corrected chi connectivity index (χ0v) is 25.4. The Morgan fingerprint density at radius 1 is 0.649 bits per heavy atom. The highest BCUT2D eigenvalue weighted by Gasteiger charge is 2.15. The Morgan fingerprint density at radius 2 is 1.08 bits per heavy atom. The first kappa shape index (κ1) is 35.7. The number of unbranched alkanes of at least 4 members (excludes halogenated alkanes) is 17. The van der Waals surface area contributed by atoms with Gasteiger partial charge in [-0.1, -0.05) is 115 Å². The third kappa shape index (κ3) is 26.1. The number of amides is 1. The van der Waals surface area contributed by atoms with Gasteiger partial charge in [-0.05, 0) is 50.9 Å². The van der Waals surface area contributed by atoms with Crippen LogP contribution in [0.2, 0.25) is 0 Å². The third-order valence-electron chi connectivity index (χ3n) is 7.56. The highest BCUT2D eigenvalue weighted by atomic mass is 16.5. The monoisotopic (exact) mass is 521 g/mol. The van der Waals surface area contributed by atoms with E-state index in [4.69, 9.17) is 0 Å². The molecule has 0 aliphatic rings. The van der Waals surface area contributed by atoms with Gasteiger partial charge in [0.25, 0.3) is 0 Å². The van der Waals surface area contributed by atoms with Crippen LogP contribution >= 0.6 is 0 Å². The number of hydrogen-bond acceptors (Lipinski definition) is 3. The number of nitrogens with zero attached hydrogens (tertiary/aromatic N) is 1. The molecule has 0 aliphatic carbocycles. The molecule has 218 valence electrons. The first-order valence-electron chi connectivity index (χ1n) is 15.9. The van der Waals surface area contributed by atoms with E-state index in [1.54, 1.807) is 4.90 Å². The van der Waals surface area contributed by atoms with E-state index in [0.29, 0.717) is 18.2 Å². The smallest absolute Gasteiger partial charge is 0.305 e. The van der Waals surface area contributed by atoms with Crippen molar-refractivity contribution in [2.24, 2.45) is 5.92 Å². The normalized spacial score (nSPS) is 12.2. The second kappa shape index (κ2) is 27.7. The van der Waals surface area contributed by atoms with Crippen LogP contribution in [0.1, 0.15) is 161 Å². The van der Waals surface area contributed by atoms with Crippen LogP contribution in [0.3, 0.4) is 0 Å². The van der Waals surface area contributed by atoms with Crippen molar-refractivity contribution < 1.29 is 14.3 Å². The topological polar surface area (TPSA) is 46.6 Å². The Bertz CT molecular complexity index is 544. The van der Waals surface area contributed by atoms with E-state index in [-0.39, 0.29) is 5.97 Å². The Hall–Kier alpha value is -1.32. The maximum absolute atomic E-state index is 12.3. The average Bonchev–Trinajstić information content (AvgIpc) is 2.89. The minimum absolute atomic E-state index is 0.0843. The van der Waals surface area contributed by atoms with E-state index in [2.05, 4.69) is 23.8 Å². The van der Waals surface area contributed by atoms with Gasteiger partial charge in [0, 0.05) is 26.9 Å². The maximum atomic E-state index is 12.3. The van der Waals surface area contributed by atoms with Gasteiger partial charge in [0.05, 0.1) is 7.11 Å². The lowest BCUT2D eigenvalue weighted by Crippen LogP contribution is -2.24. The molecule has 0 fully saturated rings. The molecule has 0 aromatic rings. The van der Waals surface area contributed by atoms with Gasteiger partial charge in [-0.25, -0.2) is 0 Å². The first-order chi connectivity index (χ1) is 18.0. The maximum Gasteiger partial charge on any atom is 0.305 e. The Balaban J connectivity index is 3.69. The Morgan fingerprint density at radius 3 is 1.54 bits per heavy atom. The SMILES string of the molecule is CCCCCCCCCC(CCCCCCCC/C=C\CCCCCCCC(=O)OC)CC(=O)N(C)C. The summed E-state index contributed by atoms with van der Waals surface area (Å²) < 4.78 is 4.67. The van der Waals surface area contributed by atoms with Gasteiger partial charge < -0.3 is 9.64 Å². The highest BCUT2D eigenvalue weighted by molar-refractivity contribution is 5.75. The number of carbonyl (C=O) groups excluding carboxylic acids is 2. The molecule has 0 saturated heterocycles. The van der Waals surface area contributed by atoms with Crippen LogP contribution in [0.4, 0.5) is 0 Å². The van der Waals surface area contributed by atoms with Crippen molar-refractivity contribution in [2.75, 3.05) is 21.2 Å². The zero-order chi connectivity index (χ0) is 27.4. The third-order valence-corrected chi connectivity index (χ3v) is 7.56. The number of hydrogen-bond donors (Lipinski definition) is 0. The molecule has 0 rings (SSSR count). The van der Waals surface area contributed by atoms with Crippen LogP contribution in [0, 0.1) is 5.92 Å². The van der Waals surface area contributed by atoms with Gasteiger partial charge in [-0.3, -0.25) is 9.59 Å². The van der Waals surface area contributed by atoms with Gasteiger partial charge in [-0.2, -0.15) is 0 Å². The molecule has 4 nitrogen and oxygen atoms in total. The molecule has 1 atom stereocenters. The zero-order valence-electron chi connectivity index (χ0n) is 25.4. The lowest BCUT2D eigenvalue weighted by molar-refractivity contribution is -0.140. The van der Waals surface area contributed by atoms with Crippen molar-refractivity contribution >= 4 is 11.9 Å². The molecule has 1 amide bonds. The van der Waals surface area contributed by atoms with E-state index in [9.17, 15) is 9.59 Å². The Labute approximate surface area is 231 Å². The lowest BCUT2D eigenvalue weighted by Gasteiger charge is -2.19. The number of rotatable bonds is 27. The van der Waals surface area contributed by atoms with Crippen LogP contribution < -0.4 is 0 Å². The van der Waals surface area contributed by atoms with Crippen molar-refractivity contribution in [2.45, 2.75) is 161 Å². The molecular weight excluding hydrogens is 458 g/mol. The van der Waals surface area contributed by atoms with Gasteiger partial charge in [0.2, 0.25) is 5.91 Å². The fourth-order valence-electron chi connectivity index (χ4n) is 4.97. The summed E-state index contributed by atoms with van der Waals surface area (Å²) in [6.07, 6.45) is 34.1. The summed E-state index contributed by atoms with van der Waals surface area (Å²) >= 11 is 0. The second-order valence-corrected chi connectivity index (χ2v) is 11.3. The number of carbonyl (C=O) groups is 2. The lowest BCUT2D eigenvalue weighted by atomic mass is 9.91. The largest absolute Gasteiger partial charge is 0.469 e. The van der Waals surface area contributed by atoms with E-state index < -0.39 is 0 Å². The standard InChI is InChI=1S/C33H63NO3/c1-5-6-7-8-18-21-24-27-31(30-32(35)34(2)3)28-25-22-19-16-14-12-10-9-11-13-15-17-20-23-26-29-33(36)37-4/h9,11,31H,5-8,10,12-30H2,1-4H3/b11-9-. The predicted octanol–water partition coefficient (Wildman–Crippen LogP) is 9.80. The minimum Gasteiger partial charge on any atom is -0.469 e. The first-order valence-corrected chi connectivity index (χ1v) is 15.9. The molecule has 37 heavy (non-hydrogen) atoms. The number of ether oxygens (including phenoxy) is 1. The van der Waals surface area contributed by atoms with Gasteiger partial charge >= 0.3 is 5.97 Å². The van der Waals surface area contributed by atoms with Crippen LogP contribution in [-0.2, 0) is 14.3 Å². The molecule has 0 spiro atoms. The van der Waals surface area contributed by atoms with E-state index in [0.717, 1.165) is 19.3 Å². The van der Waals surface area contributed by atoms with Crippen LogP contribution in [-0.4, -0.2) is 38.0 Å². The molecule has 1 unspecified atom stereocenters. The molecule has 0 saturated carbocycles.